The third kappa shape index (κ3) is 8.86. The standard InChI is InChI=1S/C33H45F3N2O4Si/c1-31(2,3)42-30(39)38-16-13-32(14-17-38,27-10-8-7-9-11-27)23-40-22-26-21-25(20-24-12-15-37-28(24)26)29(33(34,35)36)41-18-19-43(4,5)6/h7-12,15,20-21,29,37H,13-14,16-19,22-23H2,1-6H3. The first-order chi connectivity index (χ1) is 20.1. The number of carbonyl (C=O) groups excluding carboxylic acids is 1. The van der Waals surface area contributed by atoms with E-state index in [1.807, 2.05) is 39.0 Å². The number of fused-ring (bicyclic) bond motifs is 1. The lowest BCUT2D eigenvalue weighted by atomic mass is 9.73. The highest BCUT2D eigenvalue weighted by atomic mass is 28.3. The molecule has 2 aromatic carbocycles. The van der Waals surface area contributed by atoms with Crippen molar-refractivity contribution in [2.75, 3.05) is 26.3 Å². The Bertz CT molecular complexity index is 1350. The molecule has 4 rings (SSSR count). The topological polar surface area (TPSA) is 63.8 Å². The lowest BCUT2D eigenvalue weighted by molar-refractivity contribution is -0.222. The first-order valence-electron chi connectivity index (χ1n) is 15.0. The van der Waals surface area contributed by atoms with E-state index in [0.717, 1.165) is 11.1 Å². The number of H-pyrrole nitrogens is 1. The molecule has 1 fully saturated rings. The van der Waals surface area contributed by atoms with E-state index in [4.69, 9.17) is 14.2 Å². The molecule has 1 unspecified atom stereocenters. The van der Waals surface area contributed by atoms with Crippen molar-refractivity contribution in [3.63, 3.8) is 0 Å². The van der Waals surface area contributed by atoms with E-state index < -0.39 is 26.0 Å². The van der Waals surface area contributed by atoms with Gasteiger partial charge in [-0.3, -0.25) is 0 Å². The van der Waals surface area contributed by atoms with Crippen LogP contribution in [0.5, 0.6) is 0 Å². The number of piperidine rings is 1. The SMILES string of the molecule is CC(C)(C)OC(=O)N1CCC(COCc2cc(C(OCC[Si](C)(C)C)C(F)(F)F)cc3cc[nH]c23)(c2ccccc2)CC1. The number of carbonyl (C=O) groups is 1. The average Bonchev–Trinajstić information content (AvgIpc) is 3.39. The number of halogens is 3. The van der Waals surface area contributed by atoms with Gasteiger partial charge in [-0.05, 0) is 69.0 Å². The van der Waals surface area contributed by atoms with E-state index >= 15 is 0 Å². The highest BCUT2D eigenvalue weighted by Gasteiger charge is 2.43. The van der Waals surface area contributed by atoms with Crippen LogP contribution in [-0.4, -0.2) is 62.1 Å². The van der Waals surface area contributed by atoms with Crippen LogP contribution in [0.25, 0.3) is 10.9 Å². The molecule has 6 nitrogen and oxygen atoms in total. The number of nitrogens with zero attached hydrogens (tertiary/aromatic N) is 1. The van der Waals surface area contributed by atoms with Crippen LogP contribution in [0, 0.1) is 0 Å². The molecular formula is C33H45F3N2O4Si. The summed E-state index contributed by atoms with van der Waals surface area (Å²) in [5.74, 6) is 0. The lowest BCUT2D eigenvalue weighted by Gasteiger charge is -2.42. The molecule has 0 saturated carbocycles. The number of likely N-dealkylation sites (tertiary alicyclic amines) is 1. The van der Waals surface area contributed by atoms with Gasteiger partial charge in [-0.25, -0.2) is 4.79 Å². The van der Waals surface area contributed by atoms with Gasteiger partial charge in [0.25, 0.3) is 0 Å². The van der Waals surface area contributed by atoms with E-state index in [2.05, 4.69) is 36.8 Å². The van der Waals surface area contributed by atoms with E-state index in [0.29, 0.717) is 49.5 Å². The summed E-state index contributed by atoms with van der Waals surface area (Å²) in [6, 6.07) is 15.6. The summed E-state index contributed by atoms with van der Waals surface area (Å²) in [5, 5.41) is 0.683. The molecule has 10 heteroatoms. The Hall–Kier alpha value is -2.82. The van der Waals surface area contributed by atoms with Crippen LogP contribution in [0.1, 0.15) is 56.4 Å². The smallest absolute Gasteiger partial charge is 0.418 e. The zero-order valence-corrected chi connectivity index (χ0v) is 27.1. The zero-order valence-electron chi connectivity index (χ0n) is 26.1. The van der Waals surface area contributed by atoms with Gasteiger partial charge in [0.1, 0.15) is 5.60 Å². The summed E-state index contributed by atoms with van der Waals surface area (Å²) in [7, 11) is -1.56. The summed E-state index contributed by atoms with van der Waals surface area (Å²) in [6.07, 6.45) is -3.79. The van der Waals surface area contributed by atoms with Crippen molar-refractivity contribution in [1.29, 1.82) is 0 Å². The van der Waals surface area contributed by atoms with Crippen molar-refractivity contribution in [1.82, 2.24) is 9.88 Å². The maximum absolute atomic E-state index is 14.2. The van der Waals surface area contributed by atoms with Crippen LogP contribution in [-0.2, 0) is 26.2 Å². The minimum absolute atomic E-state index is 0.0663. The molecule has 1 saturated heterocycles. The minimum Gasteiger partial charge on any atom is -0.444 e. The Morgan fingerprint density at radius 3 is 2.33 bits per heavy atom. The highest BCUT2D eigenvalue weighted by Crippen LogP contribution is 2.39. The molecule has 43 heavy (non-hydrogen) atoms. The molecule has 0 aliphatic carbocycles. The molecule has 0 spiro atoms. The van der Waals surface area contributed by atoms with Crippen molar-refractivity contribution >= 4 is 25.1 Å². The van der Waals surface area contributed by atoms with Gasteiger partial charge in [-0.1, -0.05) is 50.0 Å². The molecule has 236 valence electrons. The Balaban J connectivity index is 1.53. The highest BCUT2D eigenvalue weighted by molar-refractivity contribution is 6.76. The van der Waals surface area contributed by atoms with Crippen LogP contribution in [0.3, 0.4) is 0 Å². The van der Waals surface area contributed by atoms with E-state index in [9.17, 15) is 18.0 Å². The van der Waals surface area contributed by atoms with Crippen LogP contribution in [0.2, 0.25) is 25.7 Å². The van der Waals surface area contributed by atoms with Crippen molar-refractivity contribution in [2.45, 2.75) is 89.2 Å². The van der Waals surface area contributed by atoms with Crippen LogP contribution >= 0.6 is 0 Å². The molecule has 1 aliphatic heterocycles. The summed E-state index contributed by atoms with van der Waals surface area (Å²) in [6.45, 7) is 13.5. The predicted octanol–water partition coefficient (Wildman–Crippen LogP) is 8.61. The predicted molar refractivity (Wildman–Crippen MR) is 166 cm³/mol. The third-order valence-corrected chi connectivity index (χ3v) is 9.60. The van der Waals surface area contributed by atoms with Gasteiger partial charge in [0.15, 0.2) is 6.10 Å². The van der Waals surface area contributed by atoms with Gasteiger partial charge in [0.05, 0.1) is 18.7 Å². The van der Waals surface area contributed by atoms with Crippen LogP contribution in [0.15, 0.2) is 54.7 Å². The molecule has 0 bridgehead atoms. The second-order valence-corrected chi connectivity index (χ2v) is 19.5. The maximum Gasteiger partial charge on any atom is 0.418 e. The number of alkyl halides is 3. The number of amides is 1. The normalized spacial score (nSPS) is 16.8. The zero-order chi connectivity index (χ0) is 31.5. The van der Waals surface area contributed by atoms with Gasteiger partial charge >= 0.3 is 12.3 Å². The number of aromatic amines is 1. The summed E-state index contributed by atoms with van der Waals surface area (Å²) in [5.41, 5.74) is 1.68. The molecule has 1 aliphatic rings. The van der Waals surface area contributed by atoms with Crippen LogP contribution < -0.4 is 0 Å². The van der Waals surface area contributed by atoms with E-state index in [-0.39, 0.29) is 30.3 Å². The average molecular weight is 619 g/mol. The van der Waals surface area contributed by atoms with Crippen molar-refractivity contribution < 1.29 is 32.2 Å². The molecule has 1 amide bonds. The summed E-state index contributed by atoms with van der Waals surface area (Å²) in [4.78, 5) is 17.6. The first kappa shape index (κ1) is 33.1. The summed E-state index contributed by atoms with van der Waals surface area (Å²) < 4.78 is 60.0. The molecule has 1 aromatic heterocycles. The van der Waals surface area contributed by atoms with Crippen molar-refractivity contribution in [3.05, 3.63) is 71.4 Å². The minimum atomic E-state index is -4.54. The Morgan fingerprint density at radius 2 is 1.72 bits per heavy atom. The van der Waals surface area contributed by atoms with Gasteiger partial charge in [-0.15, -0.1) is 0 Å². The maximum atomic E-state index is 14.2. The van der Waals surface area contributed by atoms with Gasteiger partial charge < -0.3 is 24.1 Å². The molecule has 2 heterocycles. The van der Waals surface area contributed by atoms with E-state index in [1.165, 1.54) is 0 Å². The quantitative estimate of drug-likeness (QED) is 0.231. The Kier molecular flexibility index (Phi) is 10.0. The van der Waals surface area contributed by atoms with Crippen molar-refractivity contribution in [3.8, 4) is 0 Å². The molecule has 3 aromatic rings. The van der Waals surface area contributed by atoms with E-state index in [1.54, 1.807) is 29.3 Å². The fraction of sp³-hybridized carbons (Fsp3) is 0.545. The Morgan fingerprint density at radius 1 is 1.05 bits per heavy atom. The largest absolute Gasteiger partial charge is 0.444 e. The molecule has 1 atom stereocenters. The number of hydrogen-bond acceptors (Lipinski definition) is 4. The Labute approximate surface area is 253 Å². The van der Waals surface area contributed by atoms with Gasteiger partial charge in [-0.2, -0.15) is 13.2 Å². The monoisotopic (exact) mass is 618 g/mol. The number of ether oxygens (including phenoxy) is 3. The molecule has 1 N–H and O–H groups in total. The third-order valence-electron chi connectivity index (χ3n) is 7.89. The first-order valence-corrected chi connectivity index (χ1v) is 18.7. The van der Waals surface area contributed by atoms with Crippen LogP contribution in [0.4, 0.5) is 18.0 Å². The second kappa shape index (κ2) is 13.0. The number of benzene rings is 2. The van der Waals surface area contributed by atoms with Crippen molar-refractivity contribution in [2.24, 2.45) is 0 Å². The second-order valence-electron chi connectivity index (χ2n) is 13.8. The fourth-order valence-electron chi connectivity index (χ4n) is 5.51. The summed E-state index contributed by atoms with van der Waals surface area (Å²) >= 11 is 0. The van der Waals surface area contributed by atoms with Gasteiger partial charge in [0, 0.05) is 50.3 Å². The lowest BCUT2D eigenvalue weighted by Crippen LogP contribution is -2.48. The van der Waals surface area contributed by atoms with Gasteiger partial charge in [0.2, 0.25) is 0 Å². The number of rotatable bonds is 10. The number of hydrogen-bond donors (Lipinski definition) is 1. The fourth-order valence-corrected chi connectivity index (χ4v) is 6.24. The number of nitrogens with one attached hydrogen (secondary N) is 1. The molecular weight excluding hydrogens is 573 g/mol. The molecule has 0 radical (unpaired) electrons. The number of aromatic nitrogens is 1.